The molecule has 0 saturated heterocycles. The summed E-state index contributed by atoms with van der Waals surface area (Å²) < 4.78 is 7.00. The molecule has 0 bridgehead atoms. The van der Waals surface area contributed by atoms with E-state index in [-0.39, 0.29) is 5.43 Å². The maximum Gasteiger partial charge on any atom is 0.200 e. The van der Waals surface area contributed by atoms with Crippen molar-refractivity contribution in [3.05, 3.63) is 187 Å². The Morgan fingerprint density at radius 2 is 1.17 bits per heavy atom. The summed E-state index contributed by atoms with van der Waals surface area (Å²) in [6.07, 6.45) is 0. The standard InChI is InChI=1S/C40H32O2/c1-25-19-21-30(23-27(25)3)35-36-38(41)33-17-11-12-18-34(33)42-39(36)40(31-15-9-6-10-16-31,32-22-20-26(2)28(4)24-32)37(35)29-13-7-5-8-14-29/h5-24H,1-4H3. The van der Waals surface area contributed by atoms with Gasteiger partial charge in [0.1, 0.15) is 16.8 Å². The first-order chi connectivity index (χ1) is 20.4. The summed E-state index contributed by atoms with van der Waals surface area (Å²) in [5, 5.41) is 0.592. The molecule has 7 rings (SSSR count). The Hall–Kier alpha value is -4.95. The van der Waals surface area contributed by atoms with Gasteiger partial charge < -0.3 is 4.42 Å². The van der Waals surface area contributed by atoms with Gasteiger partial charge in [-0.25, -0.2) is 0 Å². The summed E-state index contributed by atoms with van der Waals surface area (Å²) in [5.74, 6) is 0.674. The molecule has 204 valence electrons. The van der Waals surface area contributed by atoms with Gasteiger partial charge in [0.15, 0.2) is 0 Å². The number of aryl methyl sites for hydroxylation is 4. The van der Waals surface area contributed by atoms with E-state index in [1.54, 1.807) is 0 Å². The highest BCUT2D eigenvalue weighted by atomic mass is 16.3. The zero-order chi connectivity index (χ0) is 29.0. The van der Waals surface area contributed by atoms with Crippen LogP contribution in [0, 0.1) is 27.7 Å². The number of para-hydroxylation sites is 1. The molecule has 6 aromatic rings. The molecule has 5 aromatic carbocycles. The molecule has 2 heteroatoms. The third-order valence-electron chi connectivity index (χ3n) is 9.02. The first-order valence-corrected chi connectivity index (χ1v) is 14.5. The SMILES string of the molecule is Cc1ccc(C2=C(c3ccccc3)C(c3ccccc3)(c3ccc(C)c(C)c3)c3oc4ccccc4c(=O)c32)cc1C. The Morgan fingerprint density at radius 1 is 0.548 bits per heavy atom. The largest absolute Gasteiger partial charge is 0.458 e. The van der Waals surface area contributed by atoms with Crippen molar-refractivity contribution in [1.82, 2.24) is 0 Å². The van der Waals surface area contributed by atoms with Crippen LogP contribution in [-0.4, -0.2) is 0 Å². The molecule has 0 aliphatic heterocycles. The van der Waals surface area contributed by atoms with E-state index in [4.69, 9.17) is 4.42 Å². The second kappa shape index (κ2) is 9.85. The van der Waals surface area contributed by atoms with Crippen LogP contribution in [0.25, 0.3) is 22.1 Å². The van der Waals surface area contributed by atoms with Gasteiger partial charge in [0.05, 0.1) is 10.9 Å². The smallest absolute Gasteiger partial charge is 0.200 e. The number of hydrogen-bond acceptors (Lipinski definition) is 2. The van der Waals surface area contributed by atoms with E-state index in [0.29, 0.717) is 22.3 Å². The van der Waals surface area contributed by atoms with E-state index in [2.05, 4.69) is 113 Å². The monoisotopic (exact) mass is 544 g/mol. The zero-order valence-electron chi connectivity index (χ0n) is 24.4. The van der Waals surface area contributed by atoms with Crippen LogP contribution in [0.1, 0.15) is 55.8 Å². The molecule has 0 N–H and O–H groups in total. The quantitative estimate of drug-likeness (QED) is 0.221. The Labute approximate surface area is 246 Å². The van der Waals surface area contributed by atoms with Gasteiger partial charge >= 0.3 is 0 Å². The minimum Gasteiger partial charge on any atom is -0.458 e. The van der Waals surface area contributed by atoms with Gasteiger partial charge in [-0.3, -0.25) is 4.79 Å². The predicted octanol–water partition coefficient (Wildman–Crippen LogP) is 9.33. The van der Waals surface area contributed by atoms with Crippen LogP contribution in [0.3, 0.4) is 0 Å². The van der Waals surface area contributed by atoms with Crippen molar-refractivity contribution in [2.24, 2.45) is 0 Å². The summed E-state index contributed by atoms with van der Waals surface area (Å²) in [7, 11) is 0. The van der Waals surface area contributed by atoms with Gasteiger partial charge in [0, 0.05) is 5.57 Å². The minimum absolute atomic E-state index is 0.00449. The van der Waals surface area contributed by atoms with Crippen LogP contribution in [0.4, 0.5) is 0 Å². The maximum absolute atomic E-state index is 14.7. The molecule has 0 saturated carbocycles. The molecular formula is C40H32O2. The maximum atomic E-state index is 14.7. The first kappa shape index (κ1) is 26.0. The van der Waals surface area contributed by atoms with Crippen molar-refractivity contribution in [1.29, 1.82) is 0 Å². The van der Waals surface area contributed by atoms with Gasteiger partial charge in [0.25, 0.3) is 0 Å². The van der Waals surface area contributed by atoms with Crippen molar-refractivity contribution in [2.45, 2.75) is 33.1 Å². The molecule has 0 amide bonds. The molecule has 1 atom stereocenters. The van der Waals surface area contributed by atoms with Crippen molar-refractivity contribution in [3.63, 3.8) is 0 Å². The third kappa shape index (κ3) is 3.75. The van der Waals surface area contributed by atoms with Gasteiger partial charge in [-0.15, -0.1) is 0 Å². The van der Waals surface area contributed by atoms with E-state index >= 15 is 0 Å². The number of hydrogen-bond donors (Lipinski definition) is 0. The molecule has 1 aliphatic carbocycles. The molecule has 42 heavy (non-hydrogen) atoms. The Morgan fingerprint density at radius 3 is 1.86 bits per heavy atom. The van der Waals surface area contributed by atoms with Crippen LogP contribution in [0.15, 0.2) is 131 Å². The molecule has 1 heterocycles. The highest BCUT2D eigenvalue weighted by Gasteiger charge is 2.52. The van der Waals surface area contributed by atoms with Crippen molar-refractivity contribution < 1.29 is 4.42 Å². The fraction of sp³-hybridized carbons (Fsp3) is 0.125. The minimum atomic E-state index is -0.867. The number of rotatable bonds is 4. The van der Waals surface area contributed by atoms with E-state index in [9.17, 15) is 4.79 Å². The van der Waals surface area contributed by atoms with E-state index in [0.717, 1.165) is 33.4 Å². The van der Waals surface area contributed by atoms with E-state index < -0.39 is 5.41 Å². The zero-order valence-corrected chi connectivity index (χ0v) is 24.4. The van der Waals surface area contributed by atoms with Gasteiger partial charge in [0.2, 0.25) is 5.43 Å². The van der Waals surface area contributed by atoms with Gasteiger partial charge in [-0.2, -0.15) is 0 Å². The molecular weight excluding hydrogens is 512 g/mol. The normalized spacial score (nSPS) is 16.2. The Bertz CT molecular complexity index is 2080. The summed E-state index contributed by atoms with van der Waals surface area (Å²) >= 11 is 0. The lowest BCUT2D eigenvalue weighted by Gasteiger charge is -2.35. The van der Waals surface area contributed by atoms with Crippen LogP contribution >= 0.6 is 0 Å². The topological polar surface area (TPSA) is 30.2 Å². The summed E-state index contributed by atoms with van der Waals surface area (Å²) in [6, 6.07) is 41.8. The highest BCUT2D eigenvalue weighted by molar-refractivity contribution is 6.11. The van der Waals surface area contributed by atoms with Crippen molar-refractivity contribution in [2.75, 3.05) is 0 Å². The molecule has 0 radical (unpaired) electrons. The number of allylic oxidation sites excluding steroid dienone is 1. The lowest BCUT2D eigenvalue weighted by atomic mass is 9.66. The van der Waals surface area contributed by atoms with Crippen LogP contribution < -0.4 is 5.43 Å². The van der Waals surface area contributed by atoms with E-state index in [1.165, 1.54) is 22.3 Å². The molecule has 0 fully saturated rings. The van der Waals surface area contributed by atoms with Crippen molar-refractivity contribution >= 4 is 22.1 Å². The Balaban J connectivity index is 1.78. The lowest BCUT2D eigenvalue weighted by molar-refractivity contribution is 0.498. The average molecular weight is 545 g/mol. The average Bonchev–Trinajstić information content (AvgIpc) is 3.33. The number of benzene rings is 5. The van der Waals surface area contributed by atoms with Crippen LogP contribution in [-0.2, 0) is 5.41 Å². The van der Waals surface area contributed by atoms with Crippen LogP contribution in [0.5, 0.6) is 0 Å². The predicted molar refractivity (Wildman–Crippen MR) is 173 cm³/mol. The summed E-state index contributed by atoms with van der Waals surface area (Å²) in [4.78, 5) is 14.7. The van der Waals surface area contributed by atoms with Crippen LogP contribution in [0.2, 0.25) is 0 Å². The fourth-order valence-corrected chi connectivity index (χ4v) is 6.59. The van der Waals surface area contributed by atoms with Crippen molar-refractivity contribution in [3.8, 4) is 0 Å². The highest BCUT2D eigenvalue weighted by Crippen LogP contribution is 2.59. The summed E-state index contributed by atoms with van der Waals surface area (Å²) in [6.45, 7) is 8.55. The molecule has 2 nitrogen and oxygen atoms in total. The second-order valence-electron chi connectivity index (χ2n) is 11.5. The molecule has 0 spiro atoms. The third-order valence-corrected chi connectivity index (χ3v) is 9.02. The molecule has 1 aromatic heterocycles. The molecule has 1 aliphatic rings. The second-order valence-corrected chi connectivity index (χ2v) is 11.5. The fourth-order valence-electron chi connectivity index (χ4n) is 6.59. The van der Waals surface area contributed by atoms with E-state index in [1.807, 2.05) is 36.4 Å². The number of fused-ring (bicyclic) bond motifs is 2. The lowest BCUT2D eigenvalue weighted by Crippen LogP contribution is -2.30. The van der Waals surface area contributed by atoms with Gasteiger partial charge in [-0.05, 0) is 89.9 Å². The molecule has 1 unspecified atom stereocenters. The van der Waals surface area contributed by atoms with Gasteiger partial charge in [-0.1, -0.05) is 109 Å². The Kier molecular flexibility index (Phi) is 6.09. The summed E-state index contributed by atoms with van der Waals surface area (Å²) in [5.41, 5.74) is 11.4. The first-order valence-electron chi connectivity index (χ1n) is 14.5.